The van der Waals surface area contributed by atoms with E-state index in [4.69, 9.17) is 9.47 Å². The molecule has 3 aromatic rings. The Hall–Kier alpha value is -2.12. The van der Waals surface area contributed by atoms with Crippen LogP contribution in [0.4, 0.5) is 0 Å². The third kappa shape index (κ3) is 3.22. The fourth-order valence-electron chi connectivity index (χ4n) is 2.50. The van der Waals surface area contributed by atoms with Crippen LogP contribution in [0.2, 0.25) is 0 Å². The van der Waals surface area contributed by atoms with Crippen LogP contribution in [0.5, 0.6) is 11.5 Å². The second kappa shape index (κ2) is 7.19. The highest BCUT2D eigenvalue weighted by molar-refractivity contribution is 7.16. The Morgan fingerprint density at radius 3 is 2.62 bits per heavy atom. The number of amides is 1. The van der Waals surface area contributed by atoms with E-state index in [0.29, 0.717) is 22.7 Å². The number of nitrogens with zero attached hydrogens (tertiary/aromatic N) is 2. The lowest BCUT2D eigenvalue weighted by molar-refractivity contribution is -0.117. The molecule has 0 aliphatic rings. The van der Waals surface area contributed by atoms with Crippen molar-refractivity contribution in [2.45, 2.75) is 19.9 Å². The average Bonchev–Trinajstić information content (AvgIpc) is 3.19. The number of aromatic nitrogens is 1. The summed E-state index contributed by atoms with van der Waals surface area (Å²) in [6, 6.07) is 7.74. The molecule has 0 fully saturated rings. The highest BCUT2D eigenvalue weighted by Crippen LogP contribution is 2.33. The maximum absolute atomic E-state index is 12.3. The van der Waals surface area contributed by atoms with Crippen LogP contribution in [0.3, 0.4) is 0 Å². The Morgan fingerprint density at radius 2 is 2.00 bits per heavy atom. The number of carbonyl (C=O) groups excluding carboxylic acids is 1. The summed E-state index contributed by atoms with van der Waals surface area (Å²) in [5.41, 5.74) is 0.989. The topological polar surface area (TPSA) is 52.8 Å². The second-order valence-corrected chi connectivity index (χ2v) is 7.11. The molecule has 0 N–H and O–H groups in total. The van der Waals surface area contributed by atoms with E-state index in [1.807, 2.05) is 41.1 Å². The second-order valence-electron chi connectivity index (χ2n) is 5.07. The summed E-state index contributed by atoms with van der Waals surface area (Å²) in [6.45, 7) is 2.76. The molecular formula is C17H18N2O3S2. The Bertz CT molecular complexity index is 923. The highest BCUT2D eigenvalue weighted by atomic mass is 32.1. The fourth-order valence-corrected chi connectivity index (χ4v) is 4.31. The lowest BCUT2D eigenvalue weighted by atomic mass is 10.3. The van der Waals surface area contributed by atoms with Crippen LogP contribution in [0.1, 0.15) is 11.8 Å². The monoisotopic (exact) mass is 362 g/mol. The predicted molar refractivity (Wildman–Crippen MR) is 97.2 cm³/mol. The van der Waals surface area contributed by atoms with E-state index in [9.17, 15) is 4.79 Å². The van der Waals surface area contributed by atoms with Gasteiger partial charge >= 0.3 is 0 Å². The Morgan fingerprint density at radius 1 is 1.25 bits per heavy atom. The standard InChI is InChI=1S/C17H18N2O3S2/c1-4-19-12-9-13(21-2)14(22-3)10-15(12)24-17(19)18-16(20)8-11-6-5-7-23-11/h5-7,9-10H,4,8H2,1-3H3. The number of methoxy groups -OCH3 is 2. The number of ether oxygens (including phenoxy) is 2. The van der Waals surface area contributed by atoms with E-state index in [1.54, 1.807) is 25.6 Å². The number of benzene rings is 1. The number of aryl methyl sites for hydroxylation is 1. The average molecular weight is 362 g/mol. The normalized spacial score (nSPS) is 11.9. The van der Waals surface area contributed by atoms with Crippen molar-refractivity contribution >= 4 is 38.8 Å². The summed E-state index contributed by atoms with van der Waals surface area (Å²) in [5, 5.41) is 1.97. The van der Waals surface area contributed by atoms with Crippen molar-refractivity contribution in [3.05, 3.63) is 39.3 Å². The molecule has 7 heteroatoms. The molecule has 1 amide bonds. The molecule has 5 nitrogen and oxygen atoms in total. The molecular weight excluding hydrogens is 344 g/mol. The Labute approximate surface area is 147 Å². The van der Waals surface area contributed by atoms with Gasteiger partial charge in [0.2, 0.25) is 0 Å². The van der Waals surface area contributed by atoms with Gasteiger partial charge in [0.1, 0.15) is 0 Å². The third-order valence-electron chi connectivity index (χ3n) is 3.63. The van der Waals surface area contributed by atoms with E-state index < -0.39 is 0 Å². The summed E-state index contributed by atoms with van der Waals surface area (Å²) in [5.74, 6) is 1.21. The summed E-state index contributed by atoms with van der Waals surface area (Å²) in [4.78, 5) is 18.3. The molecule has 1 aromatic carbocycles. The van der Waals surface area contributed by atoms with Crippen molar-refractivity contribution in [2.75, 3.05) is 14.2 Å². The van der Waals surface area contributed by atoms with E-state index in [0.717, 1.165) is 21.6 Å². The van der Waals surface area contributed by atoms with Gasteiger partial charge in [0, 0.05) is 23.6 Å². The molecule has 0 saturated heterocycles. The lowest BCUT2D eigenvalue weighted by Gasteiger charge is -2.08. The summed E-state index contributed by atoms with van der Waals surface area (Å²) in [7, 11) is 3.23. The quantitative estimate of drug-likeness (QED) is 0.698. The van der Waals surface area contributed by atoms with Crippen LogP contribution in [-0.4, -0.2) is 24.7 Å². The van der Waals surface area contributed by atoms with Crippen molar-refractivity contribution in [1.29, 1.82) is 0 Å². The van der Waals surface area contributed by atoms with E-state index >= 15 is 0 Å². The molecule has 0 radical (unpaired) electrons. The molecule has 24 heavy (non-hydrogen) atoms. The smallest absolute Gasteiger partial charge is 0.253 e. The minimum absolute atomic E-state index is 0.134. The van der Waals surface area contributed by atoms with Gasteiger partial charge in [-0.05, 0) is 18.4 Å². The molecule has 0 saturated carbocycles. The van der Waals surface area contributed by atoms with E-state index in [2.05, 4.69) is 4.99 Å². The number of rotatable bonds is 5. The maximum Gasteiger partial charge on any atom is 0.253 e. The number of fused-ring (bicyclic) bond motifs is 1. The Balaban J connectivity index is 2.07. The zero-order valence-electron chi connectivity index (χ0n) is 13.7. The van der Waals surface area contributed by atoms with Crippen molar-refractivity contribution in [2.24, 2.45) is 4.99 Å². The number of thiazole rings is 1. The van der Waals surface area contributed by atoms with Gasteiger partial charge in [0.25, 0.3) is 5.91 Å². The van der Waals surface area contributed by atoms with Gasteiger partial charge < -0.3 is 14.0 Å². The van der Waals surface area contributed by atoms with Gasteiger partial charge in [-0.3, -0.25) is 4.79 Å². The van der Waals surface area contributed by atoms with Crippen molar-refractivity contribution in [1.82, 2.24) is 4.57 Å². The van der Waals surface area contributed by atoms with Gasteiger partial charge in [0.15, 0.2) is 16.3 Å². The molecule has 0 unspecified atom stereocenters. The van der Waals surface area contributed by atoms with Gasteiger partial charge in [-0.25, -0.2) is 0 Å². The first-order valence-electron chi connectivity index (χ1n) is 7.51. The van der Waals surface area contributed by atoms with Gasteiger partial charge in [-0.1, -0.05) is 17.4 Å². The highest BCUT2D eigenvalue weighted by Gasteiger charge is 2.12. The predicted octanol–water partition coefficient (Wildman–Crippen LogP) is 3.47. The SMILES string of the molecule is CCn1c(=NC(=O)Cc2cccs2)sc2cc(OC)c(OC)cc21. The van der Waals surface area contributed by atoms with Crippen LogP contribution in [0.25, 0.3) is 10.2 Å². The van der Waals surface area contributed by atoms with Crippen LogP contribution in [-0.2, 0) is 17.8 Å². The molecule has 3 rings (SSSR count). The molecule has 126 valence electrons. The first-order valence-corrected chi connectivity index (χ1v) is 9.21. The zero-order chi connectivity index (χ0) is 17.1. The molecule has 0 aliphatic carbocycles. The van der Waals surface area contributed by atoms with E-state index in [1.165, 1.54) is 11.3 Å². The van der Waals surface area contributed by atoms with Crippen LogP contribution in [0, 0.1) is 0 Å². The molecule has 0 atom stereocenters. The fraction of sp³-hybridized carbons (Fsp3) is 0.294. The van der Waals surface area contributed by atoms with Crippen LogP contribution >= 0.6 is 22.7 Å². The van der Waals surface area contributed by atoms with Gasteiger partial charge in [0.05, 0.1) is 30.9 Å². The molecule has 2 heterocycles. The van der Waals surface area contributed by atoms with Crippen LogP contribution in [0.15, 0.2) is 34.6 Å². The number of carbonyl (C=O) groups is 1. The maximum atomic E-state index is 12.3. The minimum Gasteiger partial charge on any atom is -0.493 e. The van der Waals surface area contributed by atoms with E-state index in [-0.39, 0.29) is 5.91 Å². The first kappa shape index (κ1) is 16.7. The molecule has 2 aromatic heterocycles. The summed E-state index contributed by atoms with van der Waals surface area (Å²) < 4.78 is 13.8. The Kier molecular flexibility index (Phi) is 5.01. The number of hydrogen-bond donors (Lipinski definition) is 0. The van der Waals surface area contributed by atoms with Gasteiger partial charge in [-0.15, -0.1) is 11.3 Å². The summed E-state index contributed by atoms with van der Waals surface area (Å²) >= 11 is 3.05. The van der Waals surface area contributed by atoms with Crippen molar-refractivity contribution in [3.63, 3.8) is 0 Å². The van der Waals surface area contributed by atoms with Crippen molar-refractivity contribution < 1.29 is 14.3 Å². The van der Waals surface area contributed by atoms with Crippen molar-refractivity contribution in [3.8, 4) is 11.5 Å². The minimum atomic E-state index is -0.134. The molecule has 0 spiro atoms. The molecule has 0 bridgehead atoms. The van der Waals surface area contributed by atoms with Gasteiger partial charge in [-0.2, -0.15) is 4.99 Å². The number of thiophene rings is 1. The third-order valence-corrected chi connectivity index (χ3v) is 5.55. The first-order chi connectivity index (χ1) is 11.7. The van der Waals surface area contributed by atoms with Crippen LogP contribution < -0.4 is 14.3 Å². The largest absolute Gasteiger partial charge is 0.493 e. The summed E-state index contributed by atoms with van der Waals surface area (Å²) in [6.07, 6.45) is 0.336. The molecule has 0 aliphatic heterocycles. The number of hydrogen-bond acceptors (Lipinski definition) is 5. The lowest BCUT2D eigenvalue weighted by Crippen LogP contribution is -2.16. The zero-order valence-corrected chi connectivity index (χ0v) is 15.4.